The van der Waals surface area contributed by atoms with Crippen LogP contribution in [0, 0.1) is 0 Å². The topological polar surface area (TPSA) is 34.1 Å². The summed E-state index contributed by atoms with van der Waals surface area (Å²) in [5, 5.41) is 4.00. The fourth-order valence-corrected chi connectivity index (χ4v) is 2.65. The lowest BCUT2D eigenvalue weighted by molar-refractivity contribution is 0.0554. The molecule has 15 heavy (non-hydrogen) atoms. The molecule has 2 aliphatic heterocycles. The molecule has 0 atom stereocenters. The summed E-state index contributed by atoms with van der Waals surface area (Å²) in [5.41, 5.74) is 2.44. The SMILES string of the molecule is Clc1ccc2c(n1)C1(CCOCC1)CN2. The number of halogens is 1. The molecule has 0 aromatic carbocycles. The van der Waals surface area contributed by atoms with Crippen LogP contribution in [0.2, 0.25) is 5.15 Å². The lowest BCUT2D eigenvalue weighted by atomic mass is 9.79. The number of hydrogen-bond donors (Lipinski definition) is 1. The van der Waals surface area contributed by atoms with Crippen LogP contribution in [0.25, 0.3) is 0 Å². The normalized spacial score (nSPS) is 22.5. The molecule has 3 heterocycles. The minimum atomic E-state index is 0.165. The van der Waals surface area contributed by atoms with Crippen LogP contribution in [-0.2, 0) is 10.2 Å². The van der Waals surface area contributed by atoms with Crippen molar-refractivity contribution in [1.29, 1.82) is 0 Å². The molecule has 2 aliphatic rings. The van der Waals surface area contributed by atoms with Crippen molar-refractivity contribution in [1.82, 2.24) is 4.98 Å². The van der Waals surface area contributed by atoms with Crippen molar-refractivity contribution in [2.24, 2.45) is 0 Å². The van der Waals surface area contributed by atoms with Gasteiger partial charge in [-0.05, 0) is 25.0 Å². The molecule has 80 valence electrons. The van der Waals surface area contributed by atoms with E-state index in [0.29, 0.717) is 5.15 Å². The summed E-state index contributed by atoms with van der Waals surface area (Å²) < 4.78 is 5.41. The van der Waals surface area contributed by atoms with E-state index in [4.69, 9.17) is 16.3 Å². The van der Waals surface area contributed by atoms with Crippen molar-refractivity contribution >= 4 is 17.3 Å². The highest BCUT2D eigenvalue weighted by molar-refractivity contribution is 6.29. The van der Waals surface area contributed by atoms with Gasteiger partial charge in [0.25, 0.3) is 0 Å². The van der Waals surface area contributed by atoms with Gasteiger partial charge < -0.3 is 10.1 Å². The van der Waals surface area contributed by atoms with E-state index in [1.54, 1.807) is 0 Å². The van der Waals surface area contributed by atoms with Crippen LogP contribution < -0.4 is 5.32 Å². The van der Waals surface area contributed by atoms with E-state index in [0.717, 1.165) is 44.0 Å². The molecule has 0 amide bonds. The zero-order valence-electron chi connectivity index (χ0n) is 8.42. The minimum absolute atomic E-state index is 0.165. The smallest absolute Gasteiger partial charge is 0.129 e. The maximum atomic E-state index is 5.96. The molecule has 1 aromatic rings. The first kappa shape index (κ1) is 9.43. The van der Waals surface area contributed by atoms with E-state index in [2.05, 4.69) is 10.3 Å². The number of fused-ring (bicyclic) bond motifs is 2. The lowest BCUT2D eigenvalue weighted by Crippen LogP contribution is -2.36. The fraction of sp³-hybridized carbons (Fsp3) is 0.545. The molecule has 3 nitrogen and oxygen atoms in total. The lowest BCUT2D eigenvalue weighted by Gasteiger charge is -2.32. The van der Waals surface area contributed by atoms with Crippen molar-refractivity contribution in [3.05, 3.63) is 23.0 Å². The monoisotopic (exact) mass is 224 g/mol. The third kappa shape index (κ3) is 1.42. The number of hydrogen-bond acceptors (Lipinski definition) is 3. The Kier molecular flexibility index (Phi) is 2.11. The molecule has 0 unspecified atom stereocenters. The first-order chi connectivity index (χ1) is 7.30. The third-order valence-electron chi connectivity index (χ3n) is 3.43. The van der Waals surface area contributed by atoms with E-state index in [1.807, 2.05) is 12.1 Å². The predicted molar refractivity (Wildman–Crippen MR) is 59.5 cm³/mol. The first-order valence-corrected chi connectivity index (χ1v) is 5.67. The highest BCUT2D eigenvalue weighted by Gasteiger charge is 2.41. The average molecular weight is 225 g/mol. The Morgan fingerprint density at radius 3 is 2.93 bits per heavy atom. The number of pyridine rings is 1. The van der Waals surface area contributed by atoms with Gasteiger partial charge in [0.15, 0.2) is 0 Å². The van der Waals surface area contributed by atoms with E-state index in [9.17, 15) is 0 Å². The standard InChI is InChI=1S/C11H13ClN2O/c12-9-2-1-8-10(14-9)11(7-13-8)3-5-15-6-4-11/h1-2,13H,3-7H2. The van der Waals surface area contributed by atoms with Crippen molar-refractivity contribution in [2.45, 2.75) is 18.3 Å². The highest BCUT2D eigenvalue weighted by Crippen LogP contribution is 2.42. The van der Waals surface area contributed by atoms with Gasteiger partial charge in [-0.3, -0.25) is 0 Å². The maximum Gasteiger partial charge on any atom is 0.129 e. The van der Waals surface area contributed by atoms with Crippen molar-refractivity contribution in [3.63, 3.8) is 0 Å². The van der Waals surface area contributed by atoms with Gasteiger partial charge in [-0.25, -0.2) is 4.98 Å². The van der Waals surface area contributed by atoms with Gasteiger partial charge in [-0.2, -0.15) is 0 Å². The van der Waals surface area contributed by atoms with E-state index in [1.165, 1.54) is 0 Å². The molecule has 3 rings (SSSR count). The van der Waals surface area contributed by atoms with Gasteiger partial charge in [0.2, 0.25) is 0 Å². The van der Waals surface area contributed by atoms with Crippen LogP contribution in [0.1, 0.15) is 18.5 Å². The van der Waals surface area contributed by atoms with Crippen LogP contribution in [-0.4, -0.2) is 24.7 Å². The zero-order valence-corrected chi connectivity index (χ0v) is 9.18. The first-order valence-electron chi connectivity index (χ1n) is 5.29. The number of anilines is 1. The molecule has 1 aromatic heterocycles. The van der Waals surface area contributed by atoms with Gasteiger partial charge in [0, 0.05) is 25.2 Å². The van der Waals surface area contributed by atoms with Crippen molar-refractivity contribution in [2.75, 3.05) is 25.1 Å². The summed E-state index contributed by atoms with van der Waals surface area (Å²) in [6, 6.07) is 3.86. The fourth-order valence-electron chi connectivity index (χ4n) is 2.51. The summed E-state index contributed by atoms with van der Waals surface area (Å²) in [7, 11) is 0. The molecule has 1 saturated heterocycles. The number of nitrogens with one attached hydrogen (secondary N) is 1. The Morgan fingerprint density at radius 2 is 2.13 bits per heavy atom. The van der Waals surface area contributed by atoms with Gasteiger partial charge in [0.05, 0.1) is 11.4 Å². The van der Waals surface area contributed by atoms with Crippen LogP contribution in [0.15, 0.2) is 12.1 Å². The third-order valence-corrected chi connectivity index (χ3v) is 3.64. The van der Waals surface area contributed by atoms with E-state index < -0.39 is 0 Å². The Balaban J connectivity index is 2.05. The second-order valence-electron chi connectivity index (χ2n) is 4.28. The van der Waals surface area contributed by atoms with Gasteiger partial charge in [0.1, 0.15) is 5.15 Å². The molecule has 1 N–H and O–H groups in total. The van der Waals surface area contributed by atoms with Crippen molar-refractivity contribution in [3.8, 4) is 0 Å². The number of ether oxygens (including phenoxy) is 1. The van der Waals surface area contributed by atoms with E-state index in [-0.39, 0.29) is 5.41 Å². The Morgan fingerprint density at radius 1 is 1.33 bits per heavy atom. The Labute approximate surface area is 93.8 Å². The summed E-state index contributed by atoms with van der Waals surface area (Å²) in [4.78, 5) is 4.48. The number of aromatic nitrogens is 1. The molecular formula is C11H13ClN2O. The number of rotatable bonds is 0. The quantitative estimate of drug-likeness (QED) is 0.687. The van der Waals surface area contributed by atoms with Gasteiger partial charge in [-0.1, -0.05) is 11.6 Å². The molecular weight excluding hydrogens is 212 g/mol. The van der Waals surface area contributed by atoms with Crippen molar-refractivity contribution < 1.29 is 4.74 Å². The van der Waals surface area contributed by atoms with E-state index >= 15 is 0 Å². The largest absolute Gasteiger partial charge is 0.383 e. The van der Waals surface area contributed by atoms with Crippen LogP contribution in [0.4, 0.5) is 5.69 Å². The van der Waals surface area contributed by atoms with Gasteiger partial charge in [-0.15, -0.1) is 0 Å². The summed E-state index contributed by atoms with van der Waals surface area (Å²) >= 11 is 5.96. The second kappa shape index (κ2) is 3.35. The highest BCUT2D eigenvalue weighted by atomic mass is 35.5. The molecule has 1 fully saturated rings. The predicted octanol–water partition coefficient (Wildman–Crippen LogP) is 2.21. The summed E-state index contributed by atoms with van der Waals surface area (Å²) in [6.45, 7) is 2.63. The Bertz CT molecular complexity index is 383. The number of nitrogens with zero attached hydrogens (tertiary/aromatic N) is 1. The zero-order chi connectivity index (χ0) is 10.3. The van der Waals surface area contributed by atoms with Gasteiger partial charge >= 0.3 is 0 Å². The van der Waals surface area contributed by atoms with Crippen LogP contribution in [0.5, 0.6) is 0 Å². The molecule has 0 saturated carbocycles. The molecule has 0 aliphatic carbocycles. The van der Waals surface area contributed by atoms with Crippen LogP contribution in [0.3, 0.4) is 0 Å². The molecule has 0 radical (unpaired) electrons. The summed E-state index contributed by atoms with van der Waals surface area (Å²) in [5.74, 6) is 0. The molecule has 4 heteroatoms. The average Bonchev–Trinajstić information content (AvgIpc) is 2.59. The molecule has 0 bridgehead atoms. The molecule has 1 spiro atoms. The maximum absolute atomic E-state index is 5.96. The second-order valence-corrected chi connectivity index (χ2v) is 4.66. The van der Waals surface area contributed by atoms with Crippen LogP contribution >= 0.6 is 11.6 Å². The Hall–Kier alpha value is -0.800. The summed E-state index contributed by atoms with van der Waals surface area (Å²) in [6.07, 6.45) is 2.08. The minimum Gasteiger partial charge on any atom is -0.383 e.